The monoisotopic (exact) mass is 228 g/mol. The Morgan fingerprint density at radius 1 is 1.44 bits per heavy atom. The SMILES string of the molecule is BC(C(=O)CC)c1cccc(C(F)(F)F)c1. The zero-order valence-corrected chi connectivity index (χ0v) is 9.14. The fourth-order valence-electron chi connectivity index (χ4n) is 1.48. The van der Waals surface area contributed by atoms with E-state index >= 15 is 0 Å². The Morgan fingerprint density at radius 3 is 2.56 bits per heavy atom. The number of carbonyl (C=O) groups is 1. The lowest BCUT2D eigenvalue weighted by Crippen LogP contribution is -2.13. The van der Waals surface area contributed by atoms with Crippen LogP contribution in [0.4, 0.5) is 13.2 Å². The smallest absolute Gasteiger partial charge is 0.300 e. The summed E-state index contributed by atoms with van der Waals surface area (Å²) in [6, 6.07) is 4.93. The Morgan fingerprint density at radius 2 is 2.06 bits per heavy atom. The number of halogens is 3. The van der Waals surface area contributed by atoms with Crippen LogP contribution >= 0.6 is 0 Å². The highest BCUT2D eigenvalue weighted by Crippen LogP contribution is 2.30. The Labute approximate surface area is 93.1 Å². The highest BCUT2D eigenvalue weighted by Gasteiger charge is 2.30. The van der Waals surface area contributed by atoms with E-state index in [-0.39, 0.29) is 5.78 Å². The molecule has 86 valence electrons. The lowest BCUT2D eigenvalue weighted by Gasteiger charge is -2.12. The van der Waals surface area contributed by atoms with Gasteiger partial charge in [0.05, 0.1) is 5.56 Å². The molecule has 5 heteroatoms. The number of hydrogen-bond acceptors (Lipinski definition) is 1. The lowest BCUT2D eigenvalue weighted by atomic mass is 9.77. The van der Waals surface area contributed by atoms with Crippen LogP contribution in [0.15, 0.2) is 24.3 Å². The summed E-state index contributed by atoms with van der Waals surface area (Å²) in [5.41, 5.74) is -0.289. The first kappa shape index (κ1) is 12.8. The molecule has 0 aliphatic heterocycles. The standard InChI is InChI=1S/C11H12BF3O/c1-2-9(16)10(12)7-4-3-5-8(6-7)11(13,14)15/h3-6,10H,2,12H2,1H3. The number of Topliss-reactive ketones (excluding diaryl/α,β-unsaturated/α-hetero) is 1. The van der Waals surface area contributed by atoms with Gasteiger partial charge in [0.2, 0.25) is 0 Å². The van der Waals surface area contributed by atoms with E-state index in [9.17, 15) is 18.0 Å². The summed E-state index contributed by atoms with van der Waals surface area (Å²) in [5, 5.41) is 0. The predicted molar refractivity (Wildman–Crippen MR) is 58.0 cm³/mol. The van der Waals surface area contributed by atoms with Gasteiger partial charge in [0.25, 0.3) is 0 Å². The first-order valence-electron chi connectivity index (χ1n) is 5.06. The van der Waals surface area contributed by atoms with E-state index in [2.05, 4.69) is 0 Å². The molecule has 1 nitrogen and oxygen atoms in total. The third-order valence-electron chi connectivity index (χ3n) is 2.55. The minimum Gasteiger partial charge on any atom is -0.300 e. The van der Waals surface area contributed by atoms with Crippen LogP contribution in [-0.4, -0.2) is 13.6 Å². The van der Waals surface area contributed by atoms with Crippen molar-refractivity contribution in [1.29, 1.82) is 0 Å². The van der Waals surface area contributed by atoms with Crippen LogP contribution in [-0.2, 0) is 11.0 Å². The van der Waals surface area contributed by atoms with E-state index in [0.717, 1.165) is 12.1 Å². The molecule has 16 heavy (non-hydrogen) atoms. The first-order valence-corrected chi connectivity index (χ1v) is 5.06. The molecule has 0 fully saturated rings. The number of hydrogen-bond donors (Lipinski definition) is 0. The molecule has 0 amide bonds. The average molecular weight is 228 g/mol. The zero-order chi connectivity index (χ0) is 12.3. The average Bonchev–Trinajstić information content (AvgIpc) is 2.26. The maximum atomic E-state index is 12.4. The van der Waals surface area contributed by atoms with E-state index in [0.29, 0.717) is 12.0 Å². The summed E-state index contributed by atoms with van der Waals surface area (Å²) < 4.78 is 37.3. The number of alkyl halides is 3. The van der Waals surface area contributed by atoms with Gasteiger partial charge >= 0.3 is 6.18 Å². The Kier molecular flexibility index (Phi) is 3.78. The predicted octanol–water partition coefficient (Wildman–Crippen LogP) is 2.36. The molecule has 0 aliphatic carbocycles. The molecule has 1 atom stereocenters. The van der Waals surface area contributed by atoms with Crippen molar-refractivity contribution >= 4 is 13.6 Å². The van der Waals surface area contributed by atoms with Gasteiger partial charge in [-0.25, -0.2) is 0 Å². The summed E-state index contributed by atoms with van der Waals surface area (Å²) >= 11 is 0. The number of carbonyl (C=O) groups excluding carboxylic acids is 1. The molecule has 1 rings (SSSR count). The summed E-state index contributed by atoms with van der Waals surface area (Å²) in [5.74, 6) is -0.536. The lowest BCUT2D eigenvalue weighted by molar-refractivity contribution is -0.137. The minimum atomic E-state index is -4.36. The van der Waals surface area contributed by atoms with Gasteiger partial charge in [-0.15, -0.1) is 0 Å². The molecule has 0 spiro atoms. The van der Waals surface area contributed by atoms with E-state index in [1.807, 2.05) is 0 Å². The largest absolute Gasteiger partial charge is 0.416 e. The maximum absolute atomic E-state index is 12.4. The van der Waals surface area contributed by atoms with Crippen molar-refractivity contribution in [2.45, 2.75) is 25.3 Å². The fraction of sp³-hybridized carbons (Fsp3) is 0.364. The third kappa shape index (κ3) is 2.87. The molecule has 0 aliphatic rings. The second-order valence-corrected chi connectivity index (χ2v) is 3.66. The second-order valence-electron chi connectivity index (χ2n) is 3.66. The zero-order valence-electron chi connectivity index (χ0n) is 9.14. The molecular formula is C11H12BF3O. The van der Waals surface area contributed by atoms with Crippen LogP contribution in [0.1, 0.15) is 30.3 Å². The molecule has 0 heterocycles. The molecule has 0 radical (unpaired) electrons. The number of ketones is 1. The molecule has 0 saturated heterocycles. The van der Waals surface area contributed by atoms with Gasteiger partial charge in [-0.3, -0.25) is 4.79 Å². The van der Waals surface area contributed by atoms with E-state index in [1.165, 1.54) is 6.07 Å². The van der Waals surface area contributed by atoms with Crippen molar-refractivity contribution in [3.05, 3.63) is 35.4 Å². The second kappa shape index (κ2) is 4.72. The van der Waals surface area contributed by atoms with Crippen LogP contribution in [0.3, 0.4) is 0 Å². The highest BCUT2D eigenvalue weighted by molar-refractivity contribution is 6.24. The van der Waals surface area contributed by atoms with Crippen molar-refractivity contribution in [2.75, 3.05) is 0 Å². The normalized spacial score (nSPS) is 13.5. The third-order valence-corrected chi connectivity index (χ3v) is 2.55. The molecule has 1 aromatic rings. The van der Waals surface area contributed by atoms with Crippen LogP contribution in [0.25, 0.3) is 0 Å². The van der Waals surface area contributed by atoms with Gasteiger partial charge in [-0.05, 0) is 11.6 Å². The molecular weight excluding hydrogens is 216 g/mol. The van der Waals surface area contributed by atoms with Gasteiger partial charge in [0.1, 0.15) is 13.6 Å². The highest BCUT2D eigenvalue weighted by atomic mass is 19.4. The topological polar surface area (TPSA) is 17.1 Å². The van der Waals surface area contributed by atoms with E-state index in [4.69, 9.17) is 0 Å². The van der Waals surface area contributed by atoms with Gasteiger partial charge in [-0.1, -0.05) is 25.1 Å². The van der Waals surface area contributed by atoms with Crippen molar-refractivity contribution in [3.63, 3.8) is 0 Å². The maximum Gasteiger partial charge on any atom is 0.416 e. The Bertz CT molecular complexity index is 387. The van der Waals surface area contributed by atoms with Gasteiger partial charge < -0.3 is 0 Å². The summed E-state index contributed by atoms with van der Waals surface area (Å²) in [4.78, 5) is 11.4. The Hall–Kier alpha value is -1.26. The van der Waals surface area contributed by atoms with Gasteiger partial charge in [0.15, 0.2) is 0 Å². The van der Waals surface area contributed by atoms with Crippen LogP contribution in [0.2, 0.25) is 0 Å². The first-order chi connectivity index (χ1) is 7.36. The number of rotatable bonds is 3. The van der Waals surface area contributed by atoms with E-state index < -0.39 is 17.6 Å². The van der Waals surface area contributed by atoms with Gasteiger partial charge in [0, 0.05) is 12.2 Å². The molecule has 1 aromatic carbocycles. The van der Waals surface area contributed by atoms with Crippen molar-refractivity contribution in [1.82, 2.24) is 0 Å². The van der Waals surface area contributed by atoms with Crippen molar-refractivity contribution in [3.8, 4) is 0 Å². The summed E-state index contributed by atoms with van der Waals surface area (Å²) in [6.07, 6.45) is -4.03. The number of benzene rings is 1. The molecule has 0 bridgehead atoms. The van der Waals surface area contributed by atoms with E-state index in [1.54, 1.807) is 20.8 Å². The molecule has 0 aromatic heterocycles. The fourth-order valence-corrected chi connectivity index (χ4v) is 1.48. The Balaban J connectivity index is 3.04. The van der Waals surface area contributed by atoms with Crippen molar-refractivity contribution in [2.24, 2.45) is 0 Å². The molecule has 0 saturated carbocycles. The summed E-state index contributed by atoms with van der Waals surface area (Å²) in [6.45, 7) is 1.70. The van der Waals surface area contributed by atoms with Gasteiger partial charge in [-0.2, -0.15) is 13.2 Å². The van der Waals surface area contributed by atoms with Crippen LogP contribution in [0.5, 0.6) is 0 Å². The molecule has 0 N–H and O–H groups in total. The molecule has 1 unspecified atom stereocenters. The quantitative estimate of drug-likeness (QED) is 0.725. The van der Waals surface area contributed by atoms with Crippen LogP contribution in [0, 0.1) is 0 Å². The van der Waals surface area contributed by atoms with Crippen LogP contribution < -0.4 is 0 Å². The summed E-state index contributed by atoms with van der Waals surface area (Å²) in [7, 11) is 1.63. The van der Waals surface area contributed by atoms with Crippen molar-refractivity contribution < 1.29 is 18.0 Å². The minimum absolute atomic E-state index is 0.0562.